The lowest BCUT2D eigenvalue weighted by molar-refractivity contribution is -0.121. The molecular formula is C20H28ClN3O4. The number of furan rings is 1. The summed E-state index contributed by atoms with van der Waals surface area (Å²) in [7, 11) is 0. The first-order valence-electron chi connectivity index (χ1n) is 9.11. The highest BCUT2D eigenvalue weighted by molar-refractivity contribution is 5.93. The second-order valence-electron chi connectivity index (χ2n) is 6.16. The van der Waals surface area contributed by atoms with E-state index in [4.69, 9.17) is 14.9 Å². The predicted octanol–water partition coefficient (Wildman–Crippen LogP) is 2.95. The van der Waals surface area contributed by atoms with Crippen LogP contribution in [0.4, 0.5) is 0 Å². The van der Waals surface area contributed by atoms with Crippen LogP contribution in [0.3, 0.4) is 0 Å². The molecule has 0 saturated heterocycles. The van der Waals surface area contributed by atoms with Crippen molar-refractivity contribution in [3.63, 3.8) is 0 Å². The summed E-state index contributed by atoms with van der Waals surface area (Å²) in [4.78, 5) is 24.0. The number of rotatable bonds is 10. The van der Waals surface area contributed by atoms with Gasteiger partial charge in [-0.3, -0.25) is 9.59 Å². The van der Waals surface area contributed by atoms with Crippen molar-refractivity contribution in [3.8, 4) is 5.75 Å². The molecule has 1 heterocycles. The van der Waals surface area contributed by atoms with E-state index in [1.165, 1.54) is 6.26 Å². The largest absolute Gasteiger partial charge is 0.494 e. The number of nitrogens with one attached hydrogen (secondary N) is 2. The summed E-state index contributed by atoms with van der Waals surface area (Å²) in [5.41, 5.74) is 6.89. The first kappa shape index (κ1) is 23.5. The highest BCUT2D eigenvalue weighted by Crippen LogP contribution is 2.17. The summed E-state index contributed by atoms with van der Waals surface area (Å²) >= 11 is 0. The van der Waals surface area contributed by atoms with Gasteiger partial charge in [0.2, 0.25) is 5.91 Å². The SMILES string of the molecule is CCOc1ccc(C(C)NC(=O)CCCNC(=O)c2coc(CN)c2)cc1.Cl. The Morgan fingerprint density at radius 1 is 1.25 bits per heavy atom. The molecule has 0 aliphatic rings. The zero-order chi connectivity index (χ0) is 19.6. The minimum absolute atomic E-state index is 0. The molecule has 154 valence electrons. The monoisotopic (exact) mass is 409 g/mol. The van der Waals surface area contributed by atoms with Gasteiger partial charge >= 0.3 is 0 Å². The molecule has 0 saturated carbocycles. The smallest absolute Gasteiger partial charge is 0.254 e. The van der Waals surface area contributed by atoms with Crippen molar-refractivity contribution in [2.24, 2.45) is 5.73 Å². The van der Waals surface area contributed by atoms with Gasteiger partial charge in [0.25, 0.3) is 5.91 Å². The number of benzene rings is 1. The fraction of sp³-hybridized carbons (Fsp3) is 0.400. The third kappa shape index (κ3) is 7.25. The van der Waals surface area contributed by atoms with Crippen molar-refractivity contribution in [3.05, 3.63) is 53.5 Å². The predicted molar refractivity (Wildman–Crippen MR) is 110 cm³/mol. The maximum absolute atomic E-state index is 12.1. The molecule has 0 bridgehead atoms. The van der Waals surface area contributed by atoms with Crippen LogP contribution in [-0.4, -0.2) is 25.0 Å². The van der Waals surface area contributed by atoms with E-state index in [1.807, 2.05) is 38.1 Å². The maximum atomic E-state index is 12.1. The molecule has 0 aliphatic heterocycles. The second-order valence-corrected chi connectivity index (χ2v) is 6.16. The van der Waals surface area contributed by atoms with Crippen molar-refractivity contribution < 1.29 is 18.7 Å². The molecule has 1 unspecified atom stereocenters. The zero-order valence-electron chi connectivity index (χ0n) is 16.2. The quantitative estimate of drug-likeness (QED) is 0.523. The molecule has 7 nitrogen and oxygen atoms in total. The van der Waals surface area contributed by atoms with Gasteiger partial charge < -0.3 is 25.5 Å². The summed E-state index contributed by atoms with van der Waals surface area (Å²) in [5, 5.41) is 5.72. The molecule has 0 radical (unpaired) electrons. The minimum Gasteiger partial charge on any atom is -0.494 e. The lowest BCUT2D eigenvalue weighted by Gasteiger charge is -2.15. The Morgan fingerprint density at radius 3 is 2.57 bits per heavy atom. The standard InChI is InChI=1S/C20H27N3O4.ClH/c1-3-26-17-8-6-15(7-9-17)14(2)23-19(24)5-4-10-22-20(25)16-11-18(12-21)27-13-16;/h6-9,11,13-14H,3-5,10,12,21H2,1-2H3,(H,22,25)(H,23,24);1H. The lowest BCUT2D eigenvalue weighted by atomic mass is 10.1. The van der Waals surface area contributed by atoms with Crippen LogP contribution >= 0.6 is 12.4 Å². The molecule has 2 aromatic rings. The summed E-state index contributed by atoms with van der Waals surface area (Å²) in [6, 6.07) is 9.18. The molecule has 2 rings (SSSR count). The van der Waals surface area contributed by atoms with E-state index in [2.05, 4.69) is 10.6 Å². The Labute approximate surface area is 171 Å². The summed E-state index contributed by atoms with van der Waals surface area (Å²) in [6.45, 7) is 5.15. The molecule has 28 heavy (non-hydrogen) atoms. The topological polar surface area (TPSA) is 107 Å². The maximum Gasteiger partial charge on any atom is 0.254 e. The van der Waals surface area contributed by atoms with E-state index < -0.39 is 0 Å². The molecule has 8 heteroatoms. The summed E-state index contributed by atoms with van der Waals surface area (Å²) in [5.74, 6) is 1.08. The fourth-order valence-corrected chi connectivity index (χ4v) is 2.58. The van der Waals surface area contributed by atoms with E-state index in [0.29, 0.717) is 37.3 Å². The van der Waals surface area contributed by atoms with Gasteiger partial charge in [0.1, 0.15) is 17.8 Å². The van der Waals surface area contributed by atoms with Crippen molar-refractivity contribution in [1.29, 1.82) is 0 Å². The van der Waals surface area contributed by atoms with E-state index >= 15 is 0 Å². The van der Waals surface area contributed by atoms with Crippen LogP contribution in [0.15, 0.2) is 41.0 Å². The molecule has 1 aromatic carbocycles. The summed E-state index contributed by atoms with van der Waals surface area (Å²) in [6.07, 6.45) is 2.26. The molecule has 1 aromatic heterocycles. The molecule has 0 fully saturated rings. The van der Waals surface area contributed by atoms with Gasteiger partial charge in [-0.1, -0.05) is 12.1 Å². The Balaban J connectivity index is 0.00000392. The van der Waals surface area contributed by atoms with Crippen molar-refractivity contribution in [2.75, 3.05) is 13.2 Å². The van der Waals surface area contributed by atoms with E-state index in [1.54, 1.807) is 6.07 Å². The van der Waals surface area contributed by atoms with Crippen LogP contribution in [0.5, 0.6) is 5.75 Å². The average Bonchev–Trinajstić information content (AvgIpc) is 3.15. The molecule has 2 amide bonds. The number of hydrogen-bond donors (Lipinski definition) is 3. The number of halogens is 1. The van der Waals surface area contributed by atoms with Crippen molar-refractivity contribution in [2.45, 2.75) is 39.3 Å². The fourth-order valence-electron chi connectivity index (χ4n) is 2.58. The van der Waals surface area contributed by atoms with Crippen LogP contribution in [0.25, 0.3) is 0 Å². The van der Waals surface area contributed by atoms with E-state index in [0.717, 1.165) is 11.3 Å². The Bertz CT molecular complexity index is 746. The lowest BCUT2D eigenvalue weighted by Crippen LogP contribution is -2.29. The highest BCUT2D eigenvalue weighted by Gasteiger charge is 2.11. The number of amides is 2. The first-order valence-corrected chi connectivity index (χ1v) is 9.11. The van der Waals surface area contributed by atoms with Crippen molar-refractivity contribution in [1.82, 2.24) is 10.6 Å². The Hall–Kier alpha value is -2.51. The highest BCUT2D eigenvalue weighted by atomic mass is 35.5. The summed E-state index contributed by atoms with van der Waals surface area (Å²) < 4.78 is 10.5. The molecule has 0 aliphatic carbocycles. The van der Waals surface area contributed by atoms with Gasteiger partial charge in [0.15, 0.2) is 0 Å². The normalized spacial score (nSPS) is 11.2. The molecule has 4 N–H and O–H groups in total. The van der Waals surface area contributed by atoms with Crippen LogP contribution in [0.1, 0.15) is 54.4 Å². The minimum atomic E-state index is -0.235. The van der Waals surface area contributed by atoms with Gasteiger partial charge in [-0.2, -0.15) is 0 Å². The molecule has 1 atom stereocenters. The number of hydrogen-bond acceptors (Lipinski definition) is 5. The van der Waals surface area contributed by atoms with Gasteiger partial charge in [0.05, 0.1) is 24.8 Å². The number of carbonyl (C=O) groups is 2. The van der Waals surface area contributed by atoms with Gasteiger partial charge in [-0.15, -0.1) is 12.4 Å². The number of carbonyl (C=O) groups excluding carboxylic acids is 2. The van der Waals surface area contributed by atoms with Gasteiger partial charge in [-0.25, -0.2) is 0 Å². The van der Waals surface area contributed by atoms with E-state index in [9.17, 15) is 9.59 Å². The molecule has 0 spiro atoms. The third-order valence-electron chi connectivity index (χ3n) is 4.05. The zero-order valence-corrected chi connectivity index (χ0v) is 17.0. The van der Waals surface area contributed by atoms with E-state index in [-0.39, 0.29) is 36.8 Å². The number of nitrogens with two attached hydrogens (primary N) is 1. The van der Waals surface area contributed by atoms with Crippen LogP contribution in [0.2, 0.25) is 0 Å². The molecular weight excluding hydrogens is 382 g/mol. The van der Waals surface area contributed by atoms with Crippen molar-refractivity contribution >= 4 is 24.2 Å². The Kier molecular flexibility index (Phi) is 10.1. The first-order chi connectivity index (χ1) is 13.0. The van der Waals surface area contributed by atoms with Gasteiger partial charge in [0, 0.05) is 13.0 Å². The third-order valence-corrected chi connectivity index (χ3v) is 4.05. The van der Waals surface area contributed by atoms with Crippen LogP contribution < -0.4 is 21.1 Å². The van der Waals surface area contributed by atoms with Crippen LogP contribution in [0, 0.1) is 0 Å². The number of ether oxygens (including phenoxy) is 1. The van der Waals surface area contributed by atoms with Gasteiger partial charge in [-0.05, 0) is 44.0 Å². The van der Waals surface area contributed by atoms with Crippen LogP contribution in [-0.2, 0) is 11.3 Å². The average molecular weight is 410 g/mol. The second kappa shape index (κ2) is 12.0. The Morgan fingerprint density at radius 2 is 1.96 bits per heavy atom.